The molecular weight excluding hydrogens is 261 g/mol. The van der Waals surface area contributed by atoms with Crippen LogP contribution in [0, 0.1) is 5.82 Å². The Balaban J connectivity index is 2.12. The molecule has 0 saturated carbocycles. The van der Waals surface area contributed by atoms with E-state index in [1.54, 1.807) is 24.3 Å². The molecule has 2 aromatic rings. The maximum atomic E-state index is 12.8. The molecular formula is C15H16FNO3. The highest BCUT2D eigenvalue weighted by Crippen LogP contribution is 2.22. The lowest BCUT2D eigenvalue weighted by atomic mass is 10.2. The molecule has 1 aromatic carbocycles. The van der Waals surface area contributed by atoms with Crippen molar-refractivity contribution in [3.8, 4) is 11.3 Å². The number of aliphatic hydroxyl groups is 1. The number of hydrogen-bond donors (Lipinski definition) is 2. The summed E-state index contributed by atoms with van der Waals surface area (Å²) in [4.78, 5) is 11.9. The van der Waals surface area contributed by atoms with Gasteiger partial charge in [0.25, 0.3) is 5.91 Å². The first-order valence-corrected chi connectivity index (χ1v) is 6.41. The zero-order chi connectivity index (χ0) is 14.5. The second-order valence-electron chi connectivity index (χ2n) is 4.43. The van der Waals surface area contributed by atoms with Gasteiger partial charge in [-0.15, -0.1) is 0 Å². The molecule has 2 N–H and O–H groups in total. The number of halogens is 1. The van der Waals surface area contributed by atoms with Crippen molar-refractivity contribution in [1.82, 2.24) is 5.32 Å². The number of benzene rings is 1. The second kappa shape index (κ2) is 6.34. The summed E-state index contributed by atoms with van der Waals surface area (Å²) >= 11 is 0. The van der Waals surface area contributed by atoms with E-state index in [4.69, 9.17) is 9.52 Å². The Labute approximate surface area is 116 Å². The van der Waals surface area contributed by atoms with Crippen molar-refractivity contribution >= 4 is 5.91 Å². The Kier molecular flexibility index (Phi) is 4.53. The van der Waals surface area contributed by atoms with Gasteiger partial charge in [0.2, 0.25) is 0 Å². The van der Waals surface area contributed by atoms with Crippen molar-refractivity contribution < 1.29 is 18.7 Å². The Morgan fingerprint density at radius 1 is 1.30 bits per heavy atom. The van der Waals surface area contributed by atoms with Crippen LogP contribution in [0.15, 0.2) is 40.8 Å². The van der Waals surface area contributed by atoms with Gasteiger partial charge in [0, 0.05) is 5.56 Å². The van der Waals surface area contributed by atoms with Crippen molar-refractivity contribution in [2.75, 3.05) is 6.61 Å². The van der Waals surface area contributed by atoms with Gasteiger partial charge in [-0.3, -0.25) is 4.79 Å². The molecule has 4 nitrogen and oxygen atoms in total. The molecule has 0 fully saturated rings. The van der Waals surface area contributed by atoms with Crippen molar-refractivity contribution in [1.29, 1.82) is 0 Å². The van der Waals surface area contributed by atoms with E-state index in [2.05, 4.69) is 5.32 Å². The third-order valence-corrected chi connectivity index (χ3v) is 3.01. The maximum Gasteiger partial charge on any atom is 0.287 e. The lowest BCUT2D eigenvalue weighted by Gasteiger charge is -2.12. The third kappa shape index (κ3) is 3.24. The zero-order valence-corrected chi connectivity index (χ0v) is 11.1. The van der Waals surface area contributed by atoms with E-state index < -0.39 is 0 Å². The molecule has 1 unspecified atom stereocenters. The van der Waals surface area contributed by atoms with Gasteiger partial charge in [0.1, 0.15) is 11.6 Å². The van der Waals surface area contributed by atoms with Crippen LogP contribution in [0.2, 0.25) is 0 Å². The second-order valence-corrected chi connectivity index (χ2v) is 4.43. The van der Waals surface area contributed by atoms with Crippen LogP contribution >= 0.6 is 0 Å². The molecule has 0 aliphatic heterocycles. The number of nitrogens with one attached hydrogen (secondary N) is 1. The molecule has 20 heavy (non-hydrogen) atoms. The van der Waals surface area contributed by atoms with Crippen molar-refractivity contribution in [3.05, 3.63) is 48.0 Å². The molecule has 5 heteroatoms. The van der Waals surface area contributed by atoms with Gasteiger partial charge in [-0.25, -0.2) is 4.39 Å². The molecule has 0 radical (unpaired) electrons. The molecule has 0 aliphatic rings. The molecule has 2 rings (SSSR count). The van der Waals surface area contributed by atoms with Crippen LogP contribution in [0.25, 0.3) is 11.3 Å². The Morgan fingerprint density at radius 3 is 2.60 bits per heavy atom. The average Bonchev–Trinajstić information content (AvgIpc) is 2.95. The molecule has 0 saturated heterocycles. The normalized spacial score (nSPS) is 12.2. The predicted molar refractivity (Wildman–Crippen MR) is 72.7 cm³/mol. The minimum atomic E-state index is -0.376. The molecule has 1 amide bonds. The van der Waals surface area contributed by atoms with Crippen LogP contribution in [0.5, 0.6) is 0 Å². The van der Waals surface area contributed by atoms with Gasteiger partial charge in [0.15, 0.2) is 5.76 Å². The highest BCUT2D eigenvalue weighted by atomic mass is 19.1. The highest BCUT2D eigenvalue weighted by molar-refractivity contribution is 5.92. The van der Waals surface area contributed by atoms with Gasteiger partial charge in [-0.1, -0.05) is 6.92 Å². The zero-order valence-electron chi connectivity index (χ0n) is 11.1. The number of aliphatic hydroxyl groups excluding tert-OH is 1. The SMILES string of the molecule is CCC(CO)NC(=O)c1ccc(-c2ccc(F)cc2)o1. The topological polar surface area (TPSA) is 62.5 Å². The number of carbonyl (C=O) groups excluding carboxylic acids is 1. The fourth-order valence-corrected chi connectivity index (χ4v) is 1.76. The van der Waals surface area contributed by atoms with E-state index in [1.165, 1.54) is 12.1 Å². The summed E-state index contributed by atoms with van der Waals surface area (Å²) in [5, 5.41) is 11.7. The summed E-state index contributed by atoms with van der Waals surface area (Å²) in [5.74, 6) is -0.0466. The number of hydrogen-bond acceptors (Lipinski definition) is 3. The van der Waals surface area contributed by atoms with Crippen molar-refractivity contribution in [3.63, 3.8) is 0 Å². The van der Waals surface area contributed by atoms with Crippen LogP contribution in [-0.4, -0.2) is 23.7 Å². The Hall–Kier alpha value is -2.14. The third-order valence-electron chi connectivity index (χ3n) is 3.01. The summed E-state index contributed by atoms with van der Waals surface area (Å²) in [6.07, 6.45) is 0.633. The summed E-state index contributed by atoms with van der Waals surface area (Å²) < 4.78 is 18.3. The Morgan fingerprint density at radius 2 is 2.00 bits per heavy atom. The smallest absolute Gasteiger partial charge is 0.287 e. The fourth-order valence-electron chi connectivity index (χ4n) is 1.76. The molecule has 0 spiro atoms. The van der Waals surface area contributed by atoms with Crippen LogP contribution in [0.1, 0.15) is 23.9 Å². The van der Waals surface area contributed by atoms with Crippen molar-refractivity contribution in [2.24, 2.45) is 0 Å². The Bertz CT molecular complexity index is 573. The maximum absolute atomic E-state index is 12.8. The largest absolute Gasteiger partial charge is 0.451 e. The lowest BCUT2D eigenvalue weighted by Crippen LogP contribution is -2.36. The molecule has 0 bridgehead atoms. The number of carbonyl (C=O) groups is 1. The number of rotatable bonds is 5. The summed E-state index contributed by atoms with van der Waals surface area (Å²) in [6, 6.07) is 8.74. The van der Waals surface area contributed by atoms with Crippen molar-refractivity contribution in [2.45, 2.75) is 19.4 Å². The van der Waals surface area contributed by atoms with Crippen LogP contribution in [-0.2, 0) is 0 Å². The lowest BCUT2D eigenvalue weighted by molar-refractivity contribution is 0.0888. The minimum absolute atomic E-state index is 0.117. The molecule has 106 valence electrons. The fraction of sp³-hybridized carbons (Fsp3) is 0.267. The first-order valence-electron chi connectivity index (χ1n) is 6.41. The average molecular weight is 277 g/mol. The number of furan rings is 1. The van der Waals surface area contributed by atoms with E-state index in [0.29, 0.717) is 17.7 Å². The van der Waals surface area contributed by atoms with Crippen LogP contribution in [0.4, 0.5) is 4.39 Å². The highest BCUT2D eigenvalue weighted by Gasteiger charge is 2.15. The van der Waals surface area contributed by atoms with E-state index >= 15 is 0 Å². The summed E-state index contributed by atoms with van der Waals surface area (Å²) in [6.45, 7) is 1.75. The van der Waals surface area contributed by atoms with Crippen LogP contribution < -0.4 is 5.32 Å². The molecule has 1 atom stereocenters. The molecule has 0 aliphatic carbocycles. The van der Waals surface area contributed by atoms with Gasteiger partial charge in [0.05, 0.1) is 12.6 Å². The van der Waals surface area contributed by atoms with Crippen LogP contribution in [0.3, 0.4) is 0 Å². The molecule has 1 heterocycles. The van der Waals surface area contributed by atoms with E-state index in [9.17, 15) is 9.18 Å². The first-order chi connectivity index (χ1) is 9.63. The van der Waals surface area contributed by atoms with E-state index in [1.807, 2.05) is 6.92 Å². The van der Waals surface area contributed by atoms with Gasteiger partial charge < -0.3 is 14.8 Å². The van der Waals surface area contributed by atoms with Gasteiger partial charge in [-0.05, 0) is 42.8 Å². The quantitative estimate of drug-likeness (QED) is 0.883. The number of amides is 1. The predicted octanol–water partition coefficient (Wildman–Crippen LogP) is 2.59. The van der Waals surface area contributed by atoms with Gasteiger partial charge in [-0.2, -0.15) is 0 Å². The monoisotopic (exact) mass is 277 g/mol. The summed E-state index contributed by atoms with van der Waals surface area (Å²) in [7, 11) is 0. The minimum Gasteiger partial charge on any atom is -0.451 e. The van der Waals surface area contributed by atoms with Gasteiger partial charge >= 0.3 is 0 Å². The first kappa shape index (κ1) is 14.3. The molecule has 1 aromatic heterocycles. The van der Waals surface area contributed by atoms with E-state index in [-0.39, 0.29) is 30.1 Å². The summed E-state index contributed by atoms with van der Waals surface area (Å²) in [5.41, 5.74) is 0.694. The standard InChI is InChI=1S/C15H16FNO3/c1-2-12(9-18)17-15(19)14-8-7-13(20-14)10-3-5-11(16)6-4-10/h3-8,12,18H,2,9H2,1H3,(H,17,19). The van der Waals surface area contributed by atoms with E-state index in [0.717, 1.165) is 0 Å².